The number of unbranched alkanes of at least 4 members (excludes halogenated alkanes) is 1. The van der Waals surface area contributed by atoms with E-state index in [0.717, 1.165) is 23.4 Å². The van der Waals surface area contributed by atoms with Gasteiger partial charge in [0.05, 0.1) is 33.2 Å². The SMILES string of the molecule is CCCCNC(=O)c1ccccc1NC(=O)CN(c1cccc(Cl)c1Cl)S(C)(=O)=O. The number of anilines is 2. The fourth-order valence-corrected chi connectivity index (χ4v) is 3.96. The maximum Gasteiger partial charge on any atom is 0.253 e. The number of halogens is 2. The highest BCUT2D eigenvalue weighted by Crippen LogP contribution is 2.33. The molecule has 0 unspecified atom stereocenters. The third kappa shape index (κ3) is 6.35. The van der Waals surface area contributed by atoms with Gasteiger partial charge in [-0.05, 0) is 30.7 Å². The molecule has 2 amide bonds. The van der Waals surface area contributed by atoms with Crippen LogP contribution in [0.1, 0.15) is 30.1 Å². The highest BCUT2D eigenvalue weighted by molar-refractivity contribution is 7.92. The molecule has 2 N–H and O–H groups in total. The van der Waals surface area contributed by atoms with E-state index in [1.165, 1.54) is 18.2 Å². The molecule has 0 fully saturated rings. The third-order valence-corrected chi connectivity index (χ3v) is 6.08. The Kier molecular flexibility index (Phi) is 8.52. The summed E-state index contributed by atoms with van der Waals surface area (Å²) in [5.41, 5.74) is 0.656. The lowest BCUT2D eigenvalue weighted by molar-refractivity contribution is -0.114. The van der Waals surface area contributed by atoms with Crippen molar-refractivity contribution in [2.75, 3.05) is 29.0 Å². The summed E-state index contributed by atoms with van der Waals surface area (Å²) in [6, 6.07) is 11.0. The zero-order valence-electron chi connectivity index (χ0n) is 16.6. The number of rotatable bonds is 9. The molecule has 0 saturated heterocycles. The molecule has 0 aliphatic carbocycles. The van der Waals surface area contributed by atoms with Gasteiger partial charge >= 0.3 is 0 Å². The molecule has 2 aromatic carbocycles. The molecule has 2 rings (SSSR count). The summed E-state index contributed by atoms with van der Waals surface area (Å²) in [7, 11) is -3.84. The summed E-state index contributed by atoms with van der Waals surface area (Å²) in [6.45, 7) is 2.00. The van der Waals surface area contributed by atoms with Crippen molar-refractivity contribution in [2.45, 2.75) is 19.8 Å². The van der Waals surface area contributed by atoms with Gasteiger partial charge in [0.15, 0.2) is 0 Å². The summed E-state index contributed by atoms with van der Waals surface area (Å²) < 4.78 is 25.4. The third-order valence-electron chi connectivity index (χ3n) is 4.15. The molecule has 0 saturated carbocycles. The van der Waals surface area contributed by atoms with Crippen LogP contribution in [0, 0.1) is 0 Å². The second-order valence-corrected chi connectivity index (χ2v) is 9.24. The van der Waals surface area contributed by atoms with E-state index in [2.05, 4.69) is 10.6 Å². The van der Waals surface area contributed by atoms with Gasteiger partial charge in [0, 0.05) is 6.54 Å². The largest absolute Gasteiger partial charge is 0.352 e. The van der Waals surface area contributed by atoms with E-state index in [9.17, 15) is 18.0 Å². The van der Waals surface area contributed by atoms with E-state index in [1.807, 2.05) is 6.92 Å². The average Bonchev–Trinajstić information content (AvgIpc) is 2.68. The molecule has 0 bridgehead atoms. The smallest absolute Gasteiger partial charge is 0.253 e. The molecule has 162 valence electrons. The molecule has 0 radical (unpaired) electrons. The van der Waals surface area contributed by atoms with Crippen molar-refractivity contribution < 1.29 is 18.0 Å². The van der Waals surface area contributed by atoms with Crippen LogP contribution in [0.3, 0.4) is 0 Å². The molecule has 0 spiro atoms. The number of hydrogen-bond donors (Lipinski definition) is 2. The van der Waals surface area contributed by atoms with Gasteiger partial charge in [-0.1, -0.05) is 54.7 Å². The number of sulfonamides is 1. The summed E-state index contributed by atoms with van der Waals surface area (Å²) in [5, 5.41) is 5.58. The first kappa shape index (κ1) is 24.0. The lowest BCUT2D eigenvalue weighted by Gasteiger charge is -2.23. The first-order valence-corrected chi connectivity index (χ1v) is 11.8. The van der Waals surface area contributed by atoms with Gasteiger partial charge in [-0.3, -0.25) is 13.9 Å². The number of hydrogen-bond acceptors (Lipinski definition) is 4. The number of nitrogens with zero attached hydrogens (tertiary/aromatic N) is 1. The van der Waals surface area contributed by atoms with Crippen molar-refractivity contribution in [1.82, 2.24) is 5.32 Å². The Morgan fingerprint density at radius 2 is 1.77 bits per heavy atom. The quantitative estimate of drug-likeness (QED) is 0.541. The topological polar surface area (TPSA) is 95.6 Å². The van der Waals surface area contributed by atoms with Crippen molar-refractivity contribution in [3.63, 3.8) is 0 Å². The summed E-state index contributed by atoms with van der Waals surface area (Å²) >= 11 is 12.1. The van der Waals surface area contributed by atoms with Gasteiger partial charge in [0.2, 0.25) is 15.9 Å². The van der Waals surface area contributed by atoms with E-state index in [-0.39, 0.29) is 32.9 Å². The Morgan fingerprint density at radius 3 is 2.43 bits per heavy atom. The van der Waals surface area contributed by atoms with Crippen molar-refractivity contribution in [1.29, 1.82) is 0 Å². The molecular weight excluding hydrogens is 449 g/mol. The van der Waals surface area contributed by atoms with Gasteiger partial charge in [-0.2, -0.15) is 0 Å². The lowest BCUT2D eigenvalue weighted by Crippen LogP contribution is -2.38. The van der Waals surface area contributed by atoms with Gasteiger partial charge in [0.25, 0.3) is 5.91 Å². The minimum Gasteiger partial charge on any atom is -0.352 e. The van der Waals surface area contributed by atoms with Crippen LogP contribution in [0.2, 0.25) is 10.0 Å². The Hall–Kier alpha value is -2.29. The predicted octanol–water partition coefficient (Wildman–Crippen LogP) is 3.93. The summed E-state index contributed by atoms with van der Waals surface area (Å²) in [5.74, 6) is -0.956. The van der Waals surface area contributed by atoms with Crippen LogP contribution in [0.5, 0.6) is 0 Å². The van der Waals surface area contributed by atoms with Crippen molar-refractivity contribution >= 4 is 56.4 Å². The Bertz CT molecular complexity index is 1030. The fraction of sp³-hybridized carbons (Fsp3) is 0.300. The number of nitrogens with one attached hydrogen (secondary N) is 2. The van der Waals surface area contributed by atoms with Crippen molar-refractivity contribution in [3.8, 4) is 0 Å². The van der Waals surface area contributed by atoms with Crippen LogP contribution in [0.25, 0.3) is 0 Å². The zero-order chi connectivity index (χ0) is 22.3. The number of amides is 2. The Labute approximate surface area is 186 Å². The van der Waals surface area contributed by atoms with E-state index in [0.29, 0.717) is 6.54 Å². The summed E-state index contributed by atoms with van der Waals surface area (Å²) in [4.78, 5) is 25.1. The molecule has 0 aromatic heterocycles. The van der Waals surface area contributed by atoms with Crippen LogP contribution in [-0.4, -0.2) is 39.6 Å². The van der Waals surface area contributed by atoms with Crippen molar-refractivity contribution in [3.05, 3.63) is 58.1 Å². The highest BCUT2D eigenvalue weighted by atomic mass is 35.5. The van der Waals surface area contributed by atoms with Crippen LogP contribution >= 0.6 is 23.2 Å². The Morgan fingerprint density at radius 1 is 1.07 bits per heavy atom. The molecule has 10 heteroatoms. The second-order valence-electron chi connectivity index (χ2n) is 6.55. The molecule has 0 heterocycles. The maximum absolute atomic E-state index is 12.6. The fourth-order valence-electron chi connectivity index (χ4n) is 2.65. The van der Waals surface area contributed by atoms with Crippen LogP contribution in [0.4, 0.5) is 11.4 Å². The first-order valence-electron chi connectivity index (χ1n) is 9.24. The van der Waals surface area contributed by atoms with Gasteiger partial charge < -0.3 is 10.6 Å². The van der Waals surface area contributed by atoms with Crippen LogP contribution < -0.4 is 14.9 Å². The molecule has 30 heavy (non-hydrogen) atoms. The average molecular weight is 472 g/mol. The van der Waals surface area contributed by atoms with E-state index < -0.39 is 22.5 Å². The number of carbonyl (C=O) groups excluding carboxylic acids is 2. The maximum atomic E-state index is 12.6. The summed E-state index contributed by atoms with van der Waals surface area (Å²) in [6.07, 6.45) is 2.74. The molecule has 2 aromatic rings. The van der Waals surface area contributed by atoms with E-state index in [4.69, 9.17) is 23.2 Å². The highest BCUT2D eigenvalue weighted by Gasteiger charge is 2.24. The normalized spacial score (nSPS) is 11.1. The zero-order valence-corrected chi connectivity index (χ0v) is 18.9. The molecular formula is C20H23Cl2N3O4S. The van der Waals surface area contributed by atoms with Gasteiger partial charge in [-0.25, -0.2) is 8.42 Å². The number of carbonyl (C=O) groups is 2. The van der Waals surface area contributed by atoms with Crippen LogP contribution in [-0.2, 0) is 14.8 Å². The second kappa shape index (κ2) is 10.7. The van der Waals surface area contributed by atoms with E-state index in [1.54, 1.807) is 24.3 Å². The van der Waals surface area contributed by atoms with Gasteiger partial charge in [0.1, 0.15) is 6.54 Å². The lowest BCUT2D eigenvalue weighted by atomic mass is 10.1. The molecule has 7 nitrogen and oxygen atoms in total. The minimum atomic E-state index is -3.84. The molecule has 0 aliphatic rings. The van der Waals surface area contributed by atoms with Crippen LogP contribution in [0.15, 0.2) is 42.5 Å². The van der Waals surface area contributed by atoms with E-state index >= 15 is 0 Å². The number of benzene rings is 2. The van der Waals surface area contributed by atoms with Gasteiger partial charge in [-0.15, -0.1) is 0 Å². The molecule has 0 atom stereocenters. The van der Waals surface area contributed by atoms with Crippen molar-refractivity contribution in [2.24, 2.45) is 0 Å². The molecule has 0 aliphatic heterocycles. The first-order chi connectivity index (χ1) is 14.1. The minimum absolute atomic E-state index is 0.0214. The standard InChI is InChI=1S/C20H23Cl2N3O4S/c1-3-4-12-23-20(27)14-8-5-6-10-16(14)24-18(26)13-25(30(2,28)29)17-11-7-9-15(21)19(17)22/h5-11H,3-4,12-13H2,1-2H3,(H,23,27)(H,24,26). The Balaban J connectivity index is 2.23. The predicted molar refractivity (Wildman–Crippen MR) is 121 cm³/mol. The monoisotopic (exact) mass is 471 g/mol. The number of para-hydroxylation sites is 1.